The number of pyridine rings is 1. The first kappa shape index (κ1) is 24.6. The minimum absolute atomic E-state index is 0.0613. The Balaban J connectivity index is 1.21. The highest BCUT2D eigenvalue weighted by Gasteiger charge is 2.29. The molecule has 1 aliphatic heterocycles. The van der Waals surface area contributed by atoms with Gasteiger partial charge in [0.25, 0.3) is 11.8 Å². The van der Waals surface area contributed by atoms with Crippen LogP contribution in [-0.4, -0.2) is 50.4 Å². The van der Waals surface area contributed by atoms with E-state index in [4.69, 9.17) is 0 Å². The van der Waals surface area contributed by atoms with E-state index in [9.17, 15) is 18.8 Å². The molecule has 0 spiro atoms. The van der Waals surface area contributed by atoms with Crippen LogP contribution >= 0.6 is 11.3 Å². The maximum atomic E-state index is 13.8. The molecule has 1 atom stereocenters. The van der Waals surface area contributed by atoms with Gasteiger partial charge in [0.05, 0.1) is 22.8 Å². The summed E-state index contributed by atoms with van der Waals surface area (Å²) < 4.78 is 13.8. The molecule has 5 rings (SSSR count). The third-order valence-electron chi connectivity index (χ3n) is 6.41. The standard InChI is InChI=1S/C26H25FN6O3S/c1-2-20(31-24(34)15-3-4-21-17(9-15)12-30-32-21)26(36)33-8-6-22-18(14-33)10-23(37-22)25(35)29-11-16-5-7-28-13-19(16)27/h3-5,7,9-10,12-13,20H,2,6,8,11,14H2,1H3,(H,29,35)(H,30,32)(H,31,34)/t20-/m1/s1. The van der Waals surface area contributed by atoms with Crippen LogP contribution in [-0.2, 0) is 24.3 Å². The number of nitrogens with one attached hydrogen (secondary N) is 3. The molecule has 11 heteroatoms. The van der Waals surface area contributed by atoms with E-state index in [2.05, 4.69) is 25.8 Å². The van der Waals surface area contributed by atoms with Crippen LogP contribution in [0.1, 0.15) is 49.4 Å². The van der Waals surface area contributed by atoms with Crippen molar-refractivity contribution in [2.24, 2.45) is 0 Å². The Morgan fingerprint density at radius 1 is 1.19 bits per heavy atom. The van der Waals surface area contributed by atoms with E-state index in [0.29, 0.717) is 41.9 Å². The number of H-pyrrole nitrogens is 1. The van der Waals surface area contributed by atoms with Gasteiger partial charge in [-0.1, -0.05) is 6.92 Å². The van der Waals surface area contributed by atoms with E-state index in [1.165, 1.54) is 23.6 Å². The van der Waals surface area contributed by atoms with Gasteiger partial charge in [-0.25, -0.2) is 4.39 Å². The predicted molar refractivity (Wildman–Crippen MR) is 136 cm³/mol. The second-order valence-electron chi connectivity index (χ2n) is 8.82. The predicted octanol–water partition coefficient (Wildman–Crippen LogP) is 3.18. The smallest absolute Gasteiger partial charge is 0.261 e. The van der Waals surface area contributed by atoms with Crippen molar-refractivity contribution in [3.63, 3.8) is 0 Å². The van der Waals surface area contributed by atoms with Crippen LogP contribution in [0.3, 0.4) is 0 Å². The van der Waals surface area contributed by atoms with Crippen molar-refractivity contribution in [1.82, 2.24) is 30.7 Å². The summed E-state index contributed by atoms with van der Waals surface area (Å²) >= 11 is 1.39. The van der Waals surface area contributed by atoms with E-state index in [0.717, 1.165) is 27.5 Å². The summed E-state index contributed by atoms with van der Waals surface area (Å²) in [5, 5.41) is 13.2. The average Bonchev–Trinajstić information content (AvgIpc) is 3.56. The second kappa shape index (κ2) is 10.5. The molecule has 9 nitrogen and oxygen atoms in total. The summed E-state index contributed by atoms with van der Waals surface area (Å²) in [6.07, 6.45) is 5.31. The monoisotopic (exact) mass is 520 g/mol. The lowest BCUT2D eigenvalue weighted by molar-refractivity contribution is -0.134. The zero-order valence-corrected chi connectivity index (χ0v) is 20.9. The normalized spacial score (nSPS) is 13.7. The highest BCUT2D eigenvalue weighted by atomic mass is 32.1. The van der Waals surface area contributed by atoms with Gasteiger partial charge in [0.1, 0.15) is 11.9 Å². The number of aromatic nitrogens is 3. The summed E-state index contributed by atoms with van der Waals surface area (Å²) in [5.74, 6) is -1.24. The van der Waals surface area contributed by atoms with Crippen LogP contribution < -0.4 is 10.6 Å². The fourth-order valence-electron chi connectivity index (χ4n) is 4.33. The molecule has 37 heavy (non-hydrogen) atoms. The Hall–Kier alpha value is -4.12. The number of halogens is 1. The van der Waals surface area contributed by atoms with E-state index >= 15 is 0 Å². The van der Waals surface area contributed by atoms with Crippen molar-refractivity contribution < 1.29 is 18.8 Å². The van der Waals surface area contributed by atoms with Gasteiger partial charge in [0.2, 0.25) is 5.91 Å². The lowest BCUT2D eigenvalue weighted by Gasteiger charge is -2.30. The van der Waals surface area contributed by atoms with Crippen molar-refractivity contribution >= 4 is 40.0 Å². The summed E-state index contributed by atoms with van der Waals surface area (Å²) in [6, 6.07) is 7.87. The van der Waals surface area contributed by atoms with Crippen molar-refractivity contribution in [2.45, 2.75) is 38.9 Å². The molecular formula is C26H25FN6O3S. The molecule has 4 aromatic rings. The Kier molecular flexibility index (Phi) is 6.95. The number of hydrogen-bond acceptors (Lipinski definition) is 6. The summed E-state index contributed by atoms with van der Waals surface area (Å²) in [4.78, 5) is 45.8. The van der Waals surface area contributed by atoms with Gasteiger partial charge in [-0.2, -0.15) is 5.10 Å². The lowest BCUT2D eigenvalue weighted by Crippen LogP contribution is -2.49. The van der Waals surface area contributed by atoms with E-state index < -0.39 is 11.9 Å². The molecule has 1 aromatic carbocycles. The maximum Gasteiger partial charge on any atom is 0.261 e. The molecular weight excluding hydrogens is 495 g/mol. The first-order chi connectivity index (χ1) is 17.9. The molecule has 4 heterocycles. The molecule has 0 aliphatic carbocycles. The van der Waals surface area contributed by atoms with Crippen LogP contribution in [0.5, 0.6) is 0 Å². The molecule has 0 saturated carbocycles. The fourth-order valence-corrected chi connectivity index (χ4v) is 5.41. The minimum atomic E-state index is -0.661. The number of carbonyl (C=O) groups is 3. The third kappa shape index (κ3) is 5.21. The SMILES string of the molecule is CC[C@@H](NC(=O)c1ccc2[nH]ncc2c1)C(=O)N1CCc2sc(C(=O)NCc3ccncc3F)cc2C1. The van der Waals surface area contributed by atoms with Crippen LogP contribution in [0.2, 0.25) is 0 Å². The number of amides is 3. The number of rotatable bonds is 7. The average molecular weight is 521 g/mol. The number of fused-ring (bicyclic) bond motifs is 2. The second-order valence-corrected chi connectivity index (χ2v) is 9.96. The fraction of sp³-hybridized carbons (Fsp3) is 0.269. The topological polar surface area (TPSA) is 120 Å². The number of hydrogen-bond donors (Lipinski definition) is 3. The van der Waals surface area contributed by atoms with Gasteiger partial charge in [-0.3, -0.25) is 24.5 Å². The molecule has 0 radical (unpaired) electrons. The highest BCUT2D eigenvalue weighted by Crippen LogP contribution is 2.29. The number of thiophene rings is 1. The first-order valence-electron chi connectivity index (χ1n) is 11.9. The Morgan fingerprint density at radius 3 is 2.86 bits per heavy atom. The lowest BCUT2D eigenvalue weighted by atomic mass is 10.1. The van der Waals surface area contributed by atoms with Crippen molar-refractivity contribution in [3.05, 3.63) is 81.2 Å². The third-order valence-corrected chi connectivity index (χ3v) is 7.65. The summed E-state index contributed by atoms with van der Waals surface area (Å²) in [5.41, 5.74) is 2.56. The van der Waals surface area contributed by atoms with Crippen molar-refractivity contribution in [1.29, 1.82) is 0 Å². The van der Waals surface area contributed by atoms with Crippen LogP contribution in [0.15, 0.2) is 48.9 Å². The van der Waals surface area contributed by atoms with Crippen molar-refractivity contribution in [2.75, 3.05) is 6.54 Å². The molecule has 0 saturated heterocycles. The van der Waals surface area contributed by atoms with Crippen molar-refractivity contribution in [3.8, 4) is 0 Å². The van der Waals surface area contributed by atoms with Crippen LogP contribution in [0.25, 0.3) is 10.9 Å². The molecule has 0 bridgehead atoms. The molecule has 3 amide bonds. The van der Waals surface area contributed by atoms with Gasteiger partial charge in [0, 0.05) is 47.2 Å². The quantitative estimate of drug-likeness (QED) is 0.346. The summed E-state index contributed by atoms with van der Waals surface area (Å²) in [7, 11) is 0. The number of nitrogens with zero attached hydrogens (tertiary/aromatic N) is 3. The zero-order chi connectivity index (χ0) is 25.9. The van der Waals surface area contributed by atoms with E-state index in [1.54, 1.807) is 35.4 Å². The van der Waals surface area contributed by atoms with Crippen LogP contribution in [0.4, 0.5) is 4.39 Å². The summed E-state index contributed by atoms with van der Waals surface area (Å²) in [6.45, 7) is 2.79. The van der Waals surface area contributed by atoms with Gasteiger partial charge in [-0.05, 0) is 48.7 Å². The molecule has 0 fully saturated rings. The number of benzene rings is 1. The molecule has 3 aromatic heterocycles. The molecule has 1 aliphatic rings. The van der Waals surface area contributed by atoms with Gasteiger partial charge < -0.3 is 15.5 Å². The zero-order valence-electron chi connectivity index (χ0n) is 20.1. The van der Waals surface area contributed by atoms with Crippen LogP contribution in [0, 0.1) is 5.82 Å². The maximum absolute atomic E-state index is 13.8. The van der Waals surface area contributed by atoms with Gasteiger partial charge >= 0.3 is 0 Å². The Morgan fingerprint density at radius 2 is 2.05 bits per heavy atom. The molecule has 0 unspecified atom stereocenters. The minimum Gasteiger partial charge on any atom is -0.347 e. The Labute approximate surface area is 216 Å². The Bertz CT molecular complexity index is 1480. The number of aromatic amines is 1. The van der Waals surface area contributed by atoms with E-state index in [-0.39, 0.29) is 24.3 Å². The van der Waals surface area contributed by atoms with E-state index in [1.807, 2.05) is 6.92 Å². The first-order valence-corrected chi connectivity index (χ1v) is 12.8. The van der Waals surface area contributed by atoms with Gasteiger partial charge in [-0.15, -0.1) is 11.3 Å². The largest absolute Gasteiger partial charge is 0.347 e. The molecule has 3 N–H and O–H groups in total. The highest BCUT2D eigenvalue weighted by molar-refractivity contribution is 7.14. The number of carbonyl (C=O) groups excluding carboxylic acids is 3. The van der Waals surface area contributed by atoms with Gasteiger partial charge in [0.15, 0.2) is 0 Å². The molecule has 190 valence electrons.